The lowest BCUT2D eigenvalue weighted by atomic mass is 10.0. The van der Waals surface area contributed by atoms with Crippen LogP contribution in [-0.4, -0.2) is 96.7 Å². The summed E-state index contributed by atoms with van der Waals surface area (Å²) in [5.74, 6) is -0.721. The third-order valence-electron chi connectivity index (χ3n) is 17.0. The Labute approximate surface area is 562 Å². The van der Waals surface area contributed by atoms with Gasteiger partial charge in [0.1, 0.15) is 19.3 Å². The van der Waals surface area contributed by atoms with Gasteiger partial charge in [0.05, 0.1) is 26.4 Å². The molecule has 19 heteroatoms. The van der Waals surface area contributed by atoms with Crippen LogP contribution in [0.4, 0.5) is 0 Å². The Morgan fingerprint density at radius 3 is 0.739 bits per heavy atom. The van der Waals surface area contributed by atoms with E-state index in [1.807, 2.05) is 0 Å². The fraction of sp³-hybridized carbons (Fsp3) is 0.945. The maximum absolute atomic E-state index is 13.1. The highest BCUT2D eigenvalue weighted by molar-refractivity contribution is 7.47. The summed E-state index contributed by atoms with van der Waals surface area (Å²) in [6.07, 6.45) is 51.5. The molecule has 0 heterocycles. The van der Waals surface area contributed by atoms with Crippen molar-refractivity contribution in [1.82, 2.24) is 0 Å². The van der Waals surface area contributed by atoms with Crippen molar-refractivity contribution < 1.29 is 80.2 Å². The molecule has 0 rings (SSSR count). The molecule has 2 unspecified atom stereocenters. The van der Waals surface area contributed by atoms with E-state index in [2.05, 4.69) is 41.5 Å². The van der Waals surface area contributed by atoms with E-state index in [0.717, 1.165) is 96.3 Å². The number of rotatable bonds is 72. The van der Waals surface area contributed by atoms with E-state index in [-0.39, 0.29) is 25.7 Å². The molecule has 3 N–H and O–H groups in total. The van der Waals surface area contributed by atoms with Gasteiger partial charge >= 0.3 is 39.5 Å². The topological polar surface area (TPSA) is 237 Å². The largest absolute Gasteiger partial charge is 0.472 e. The van der Waals surface area contributed by atoms with E-state index in [9.17, 15) is 43.2 Å². The Morgan fingerprint density at radius 1 is 0.293 bits per heavy atom. The zero-order valence-corrected chi connectivity index (χ0v) is 61.6. The zero-order valence-electron chi connectivity index (χ0n) is 59.9. The number of esters is 4. The van der Waals surface area contributed by atoms with Gasteiger partial charge in [0, 0.05) is 25.7 Å². The number of ether oxygens (including phenoxy) is 4. The molecular formula is C73H142O17P2. The van der Waals surface area contributed by atoms with Crippen molar-refractivity contribution in [2.75, 3.05) is 39.6 Å². The van der Waals surface area contributed by atoms with Gasteiger partial charge in [-0.1, -0.05) is 324 Å². The molecule has 5 atom stereocenters. The Kier molecular flexibility index (Phi) is 63.7. The monoisotopic (exact) mass is 1350 g/mol. The molecule has 0 fully saturated rings. The summed E-state index contributed by atoms with van der Waals surface area (Å²) in [4.78, 5) is 72.6. The van der Waals surface area contributed by atoms with Gasteiger partial charge in [0.2, 0.25) is 0 Å². The van der Waals surface area contributed by atoms with Crippen LogP contribution in [0, 0.1) is 11.8 Å². The second kappa shape index (κ2) is 65.0. The summed E-state index contributed by atoms with van der Waals surface area (Å²) >= 11 is 0. The normalized spacial score (nSPS) is 14.1. The fourth-order valence-electron chi connectivity index (χ4n) is 11.1. The average Bonchev–Trinajstić information content (AvgIpc) is 3.48. The highest BCUT2D eigenvalue weighted by Crippen LogP contribution is 2.45. The number of hydrogen-bond donors (Lipinski definition) is 3. The highest BCUT2D eigenvalue weighted by Gasteiger charge is 2.30. The summed E-state index contributed by atoms with van der Waals surface area (Å²) in [7, 11) is -9.90. The number of carbonyl (C=O) groups is 4. The zero-order chi connectivity index (χ0) is 67.9. The van der Waals surface area contributed by atoms with Crippen LogP contribution in [0.1, 0.15) is 375 Å². The third kappa shape index (κ3) is 66.7. The summed E-state index contributed by atoms with van der Waals surface area (Å²) < 4.78 is 68.4. The maximum Gasteiger partial charge on any atom is 0.472 e. The molecule has 0 aromatic heterocycles. The van der Waals surface area contributed by atoms with Crippen molar-refractivity contribution in [2.45, 2.75) is 394 Å². The summed E-state index contributed by atoms with van der Waals surface area (Å²) in [5, 5.41) is 10.6. The molecule has 0 aliphatic heterocycles. The van der Waals surface area contributed by atoms with Gasteiger partial charge < -0.3 is 33.8 Å². The molecule has 0 radical (unpaired) electrons. The number of carbonyl (C=O) groups excluding carboxylic acids is 4. The Hall–Kier alpha value is -1.94. The first kappa shape index (κ1) is 90.1. The molecule has 0 aliphatic carbocycles. The molecule has 0 aliphatic rings. The molecule has 0 saturated heterocycles. The van der Waals surface area contributed by atoms with E-state index in [1.54, 1.807) is 0 Å². The maximum atomic E-state index is 13.1. The van der Waals surface area contributed by atoms with Gasteiger partial charge in [-0.05, 0) is 37.5 Å². The van der Waals surface area contributed by atoms with E-state index in [4.69, 9.17) is 37.0 Å². The predicted molar refractivity (Wildman–Crippen MR) is 372 cm³/mol. The van der Waals surface area contributed by atoms with Crippen LogP contribution >= 0.6 is 15.6 Å². The van der Waals surface area contributed by atoms with Crippen molar-refractivity contribution in [3.05, 3.63) is 0 Å². The molecule has 0 aromatic carbocycles. The standard InChI is InChI=1S/C73H142O17P2/c1-7-9-11-13-15-17-19-21-23-25-27-29-31-37-43-49-55-70(75)83-61-68(89-72(77)57-51-45-38-32-30-28-26-24-22-20-18-16-14-12-10-8-2)63-87-91(79,80)85-59-67(74)60-86-92(81,82)88-64-69(90-73(78)58-52-46-40-34-36-42-48-54-66(5)6)62-84-71(76)56-50-44-39-33-35-41-47-53-65(3)4/h65-69,74H,7-64H2,1-6H3,(H,79,80)(H,81,82)/t67-,68-,69-/m1/s1. The van der Waals surface area contributed by atoms with Crippen LogP contribution in [0.5, 0.6) is 0 Å². The SMILES string of the molecule is CCCCCCCCCCCCCCCCCCC(=O)OC[C@H](COP(=O)(O)OC[C@@H](O)COP(=O)(O)OC[C@@H](COC(=O)CCCCCCCCCC(C)C)OC(=O)CCCCCCCCCC(C)C)OC(=O)CCCCCCCCCCCCCCCCCC. The number of unbranched alkanes of at least 4 members (excludes halogenated alkanes) is 42. The van der Waals surface area contributed by atoms with Gasteiger partial charge in [-0.2, -0.15) is 0 Å². The minimum Gasteiger partial charge on any atom is -0.462 e. The van der Waals surface area contributed by atoms with Crippen molar-refractivity contribution in [1.29, 1.82) is 0 Å². The van der Waals surface area contributed by atoms with Crippen LogP contribution in [0.3, 0.4) is 0 Å². The fourth-order valence-corrected chi connectivity index (χ4v) is 12.7. The Morgan fingerprint density at radius 2 is 0.500 bits per heavy atom. The molecule has 0 amide bonds. The summed E-state index contributed by atoms with van der Waals surface area (Å²) in [5.41, 5.74) is 0. The summed E-state index contributed by atoms with van der Waals surface area (Å²) in [6.45, 7) is 9.46. The first-order chi connectivity index (χ1) is 44.4. The second-order valence-electron chi connectivity index (χ2n) is 27.3. The number of aliphatic hydroxyl groups is 1. The summed E-state index contributed by atoms with van der Waals surface area (Å²) in [6, 6.07) is 0. The number of phosphoric acid groups is 2. The molecule has 0 spiro atoms. The van der Waals surface area contributed by atoms with Gasteiger partial charge in [0.15, 0.2) is 12.2 Å². The minimum absolute atomic E-state index is 0.103. The van der Waals surface area contributed by atoms with Gasteiger partial charge in [0.25, 0.3) is 0 Å². The van der Waals surface area contributed by atoms with Gasteiger partial charge in [-0.25, -0.2) is 9.13 Å². The van der Waals surface area contributed by atoms with Crippen LogP contribution in [0.15, 0.2) is 0 Å². The van der Waals surface area contributed by atoms with Crippen LogP contribution < -0.4 is 0 Å². The quantitative estimate of drug-likeness (QED) is 0.0222. The van der Waals surface area contributed by atoms with Crippen molar-refractivity contribution in [3.8, 4) is 0 Å². The number of phosphoric ester groups is 2. The lowest BCUT2D eigenvalue weighted by Crippen LogP contribution is -2.30. The molecular weight excluding hydrogens is 1210 g/mol. The predicted octanol–water partition coefficient (Wildman–Crippen LogP) is 21.2. The van der Waals surface area contributed by atoms with Gasteiger partial charge in [-0.3, -0.25) is 37.3 Å². The average molecular weight is 1350 g/mol. The van der Waals surface area contributed by atoms with Crippen LogP contribution in [0.25, 0.3) is 0 Å². The van der Waals surface area contributed by atoms with Crippen molar-refractivity contribution in [3.63, 3.8) is 0 Å². The van der Waals surface area contributed by atoms with Crippen LogP contribution in [0.2, 0.25) is 0 Å². The van der Waals surface area contributed by atoms with E-state index >= 15 is 0 Å². The first-order valence-electron chi connectivity index (χ1n) is 38.0. The lowest BCUT2D eigenvalue weighted by molar-refractivity contribution is -0.161. The van der Waals surface area contributed by atoms with E-state index in [0.29, 0.717) is 37.5 Å². The van der Waals surface area contributed by atoms with E-state index in [1.165, 1.54) is 186 Å². The molecule has 0 aromatic rings. The molecule has 0 bridgehead atoms. The third-order valence-corrected chi connectivity index (χ3v) is 18.9. The number of aliphatic hydroxyl groups excluding tert-OH is 1. The lowest BCUT2D eigenvalue weighted by Gasteiger charge is -2.21. The van der Waals surface area contributed by atoms with Gasteiger partial charge in [-0.15, -0.1) is 0 Å². The highest BCUT2D eigenvalue weighted by atomic mass is 31.2. The minimum atomic E-state index is -4.95. The Balaban J connectivity index is 5.23. The van der Waals surface area contributed by atoms with E-state index < -0.39 is 97.5 Å². The molecule has 0 saturated carbocycles. The number of hydrogen-bond acceptors (Lipinski definition) is 15. The molecule has 92 heavy (non-hydrogen) atoms. The molecule has 17 nitrogen and oxygen atoms in total. The second-order valence-corrected chi connectivity index (χ2v) is 30.2. The smallest absolute Gasteiger partial charge is 0.462 e. The van der Waals surface area contributed by atoms with Crippen LogP contribution in [-0.2, 0) is 65.4 Å². The van der Waals surface area contributed by atoms with Crippen molar-refractivity contribution >= 4 is 39.5 Å². The first-order valence-corrected chi connectivity index (χ1v) is 41.0. The molecule has 546 valence electrons. The Bertz CT molecular complexity index is 1790. The van der Waals surface area contributed by atoms with Crippen molar-refractivity contribution in [2.24, 2.45) is 11.8 Å².